The Morgan fingerprint density at radius 3 is 2.14 bits per heavy atom. The summed E-state index contributed by atoms with van der Waals surface area (Å²) in [4.78, 5) is 12.0. The van der Waals surface area contributed by atoms with Gasteiger partial charge in [0, 0.05) is 10.8 Å². The largest absolute Gasteiger partial charge is 0.461 e. The van der Waals surface area contributed by atoms with Crippen molar-refractivity contribution in [2.24, 2.45) is 5.92 Å². The molecule has 1 aromatic carbocycles. The number of hydrogen-bond acceptors (Lipinski definition) is 2. The minimum absolute atomic E-state index is 0.0163. The zero-order valence-electron chi connectivity index (χ0n) is 10.3. The third-order valence-electron chi connectivity index (χ3n) is 2.42. The van der Waals surface area contributed by atoms with E-state index in [4.69, 9.17) is 74.3 Å². The van der Waals surface area contributed by atoms with Gasteiger partial charge in [-0.15, -0.1) is 0 Å². The standard InChI is InChI=1S/C12H9Cl6IO2/c13-8-1-6(2-9(14)10(8)15)5-21-11(20)7(4-19)3-12(16,17)18/h1-2,7H,3-5H2. The predicted molar refractivity (Wildman–Crippen MR) is 98.6 cm³/mol. The lowest BCUT2D eigenvalue weighted by atomic mass is 10.1. The number of benzene rings is 1. The van der Waals surface area contributed by atoms with E-state index in [9.17, 15) is 4.79 Å². The van der Waals surface area contributed by atoms with Gasteiger partial charge in [-0.1, -0.05) is 92.2 Å². The minimum atomic E-state index is -1.50. The van der Waals surface area contributed by atoms with Crippen molar-refractivity contribution in [3.63, 3.8) is 0 Å². The van der Waals surface area contributed by atoms with E-state index in [0.29, 0.717) is 20.0 Å². The summed E-state index contributed by atoms with van der Waals surface area (Å²) in [5.41, 5.74) is 0.629. The third-order valence-corrected chi connectivity index (χ3v) is 5.15. The molecule has 1 unspecified atom stereocenters. The van der Waals surface area contributed by atoms with Gasteiger partial charge in [0.1, 0.15) is 6.61 Å². The lowest BCUT2D eigenvalue weighted by molar-refractivity contribution is -0.149. The second kappa shape index (κ2) is 8.86. The molecular weight excluding hydrogens is 516 g/mol. The van der Waals surface area contributed by atoms with Crippen molar-refractivity contribution in [2.75, 3.05) is 4.43 Å². The van der Waals surface area contributed by atoms with E-state index in [0.717, 1.165) is 0 Å². The van der Waals surface area contributed by atoms with Crippen molar-refractivity contribution >= 4 is 98.2 Å². The number of hydrogen-bond donors (Lipinski definition) is 0. The van der Waals surface area contributed by atoms with E-state index in [1.165, 1.54) is 0 Å². The number of esters is 1. The molecule has 0 spiro atoms. The van der Waals surface area contributed by atoms with Crippen LogP contribution in [0.25, 0.3) is 0 Å². The molecule has 1 aromatic rings. The van der Waals surface area contributed by atoms with Crippen LogP contribution in [0.1, 0.15) is 12.0 Å². The van der Waals surface area contributed by atoms with E-state index < -0.39 is 15.7 Å². The van der Waals surface area contributed by atoms with Gasteiger partial charge in [0.15, 0.2) is 3.79 Å². The maximum Gasteiger partial charge on any atom is 0.310 e. The fourth-order valence-corrected chi connectivity index (χ4v) is 3.32. The molecule has 0 N–H and O–H groups in total. The molecular formula is C12H9Cl6IO2. The highest BCUT2D eigenvalue weighted by molar-refractivity contribution is 14.1. The zero-order chi connectivity index (χ0) is 16.2. The molecule has 2 nitrogen and oxygen atoms in total. The van der Waals surface area contributed by atoms with Gasteiger partial charge >= 0.3 is 5.97 Å². The molecule has 0 aliphatic rings. The normalized spacial score (nSPS) is 13.1. The maximum atomic E-state index is 12.0. The average Bonchev–Trinajstić information content (AvgIpc) is 2.38. The SMILES string of the molecule is O=C(OCc1cc(Cl)c(Cl)c(Cl)c1)C(CI)CC(Cl)(Cl)Cl. The number of carbonyl (C=O) groups excluding carboxylic acids is 1. The van der Waals surface area contributed by atoms with Gasteiger partial charge in [-0.25, -0.2) is 0 Å². The summed E-state index contributed by atoms with van der Waals surface area (Å²) >= 11 is 36.8. The molecule has 0 radical (unpaired) electrons. The maximum absolute atomic E-state index is 12.0. The Kier molecular flexibility index (Phi) is 8.52. The molecule has 0 bridgehead atoms. The first-order valence-corrected chi connectivity index (χ1v) is 9.36. The van der Waals surface area contributed by atoms with Crippen molar-refractivity contribution in [1.82, 2.24) is 0 Å². The van der Waals surface area contributed by atoms with Crippen molar-refractivity contribution in [3.8, 4) is 0 Å². The lowest BCUT2D eigenvalue weighted by Gasteiger charge is -2.18. The average molecular weight is 525 g/mol. The first kappa shape index (κ1) is 20.2. The van der Waals surface area contributed by atoms with Crippen LogP contribution < -0.4 is 0 Å². The van der Waals surface area contributed by atoms with Crippen molar-refractivity contribution in [1.29, 1.82) is 0 Å². The predicted octanol–water partition coefficient (Wildman–Crippen LogP) is 6.50. The van der Waals surface area contributed by atoms with E-state index in [-0.39, 0.29) is 18.1 Å². The quantitative estimate of drug-likeness (QED) is 0.190. The Morgan fingerprint density at radius 2 is 1.71 bits per heavy atom. The van der Waals surface area contributed by atoms with Gasteiger partial charge in [0.05, 0.1) is 21.0 Å². The fraction of sp³-hybridized carbons (Fsp3) is 0.417. The summed E-state index contributed by atoms with van der Waals surface area (Å²) in [6.45, 7) is 0.0163. The first-order valence-electron chi connectivity index (χ1n) is 5.57. The van der Waals surface area contributed by atoms with Gasteiger partial charge in [0.25, 0.3) is 0 Å². The molecule has 1 rings (SSSR count). The van der Waals surface area contributed by atoms with Crippen molar-refractivity contribution in [3.05, 3.63) is 32.8 Å². The highest BCUT2D eigenvalue weighted by Gasteiger charge is 2.30. The summed E-state index contributed by atoms with van der Waals surface area (Å²) in [5, 5.41) is 0.846. The van der Waals surface area contributed by atoms with Gasteiger partial charge in [-0.2, -0.15) is 0 Å². The molecule has 118 valence electrons. The van der Waals surface area contributed by atoms with Crippen LogP contribution in [-0.4, -0.2) is 14.2 Å². The topological polar surface area (TPSA) is 26.3 Å². The molecule has 0 aliphatic heterocycles. The van der Waals surface area contributed by atoms with Crippen LogP contribution >= 0.6 is 92.2 Å². The Bertz CT molecular complexity index is 494. The third kappa shape index (κ3) is 7.06. The molecule has 0 fully saturated rings. The second-order valence-electron chi connectivity index (χ2n) is 4.15. The van der Waals surface area contributed by atoms with Gasteiger partial charge in [-0.3, -0.25) is 4.79 Å². The second-order valence-corrected chi connectivity index (χ2v) is 8.74. The van der Waals surface area contributed by atoms with Crippen molar-refractivity contribution < 1.29 is 9.53 Å². The number of halogens is 7. The van der Waals surface area contributed by atoms with Gasteiger partial charge < -0.3 is 4.74 Å². The summed E-state index contributed by atoms with van der Waals surface area (Å²) in [5.74, 6) is -0.950. The highest BCUT2D eigenvalue weighted by Crippen LogP contribution is 2.35. The molecule has 0 amide bonds. The van der Waals surface area contributed by atoms with Crippen LogP contribution in [-0.2, 0) is 16.1 Å². The zero-order valence-corrected chi connectivity index (χ0v) is 17.0. The molecule has 0 aliphatic carbocycles. The Labute approximate surface area is 166 Å². The molecule has 0 saturated heterocycles. The van der Waals surface area contributed by atoms with Crippen LogP contribution in [0.15, 0.2) is 12.1 Å². The lowest BCUT2D eigenvalue weighted by Crippen LogP contribution is -2.24. The van der Waals surface area contributed by atoms with E-state index >= 15 is 0 Å². The van der Waals surface area contributed by atoms with Crippen LogP contribution in [0, 0.1) is 5.92 Å². The van der Waals surface area contributed by atoms with Crippen LogP contribution in [0.3, 0.4) is 0 Å². The minimum Gasteiger partial charge on any atom is -0.461 e. The van der Waals surface area contributed by atoms with E-state index in [2.05, 4.69) is 0 Å². The molecule has 9 heteroatoms. The van der Waals surface area contributed by atoms with Crippen molar-refractivity contribution in [2.45, 2.75) is 16.8 Å². The Hall–Kier alpha value is 1.16. The molecule has 0 heterocycles. The van der Waals surface area contributed by atoms with Gasteiger partial charge in [-0.05, 0) is 17.7 Å². The number of ether oxygens (including phenoxy) is 1. The smallest absolute Gasteiger partial charge is 0.310 e. The number of rotatable bonds is 5. The molecule has 0 saturated carbocycles. The fourth-order valence-electron chi connectivity index (χ4n) is 1.44. The van der Waals surface area contributed by atoms with Crippen LogP contribution in [0.5, 0.6) is 0 Å². The number of alkyl halides is 4. The van der Waals surface area contributed by atoms with E-state index in [1.807, 2.05) is 22.6 Å². The first-order chi connectivity index (χ1) is 9.64. The summed E-state index contributed by atoms with van der Waals surface area (Å²) < 4.78 is 4.18. The molecule has 1 atom stereocenters. The Morgan fingerprint density at radius 1 is 1.19 bits per heavy atom. The van der Waals surface area contributed by atoms with Crippen LogP contribution in [0.2, 0.25) is 15.1 Å². The monoisotopic (exact) mass is 522 g/mol. The number of carbonyl (C=O) groups is 1. The molecule has 0 aromatic heterocycles. The molecule has 21 heavy (non-hydrogen) atoms. The highest BCUT2D eigenvalue weighted by atomic mass is 127. The Balaban J connectivity index is 2.67. The van der Waals surface area contributed by atoms with E-state index in [1.54, 1.807) is 12.1 Å². The summed E-state index contributed by atoms with van der Waals surface area (Å²) in [6, 6.07) is 3.16. The summed E-state index contributed by atoms with van der Waals surface area (Å²) in [6.07, 6.45) is 0.0849. The van der Waals surface area contributed by atoms with Crippen LogP contribution in [0.4, 0.5) is 0 Å². The van der Waals surface area contributed by atoms with Gasteiger partial charge in [0.2, 0.25) is 0 Å². The summed E-state index contributed by atoms with van der Waals surface area (Å²) in [7, 11) is 0.